The normalized spacial score (nSPS) is 11.2. The predicted molar refractivity (Wildman–Crippen MR) is 136 cm³/mol. The van der Waals surface area contributed by atoms with Gasteiger partial charge in [-0.2, -0.15) is 9.61 Å². The molecular weight excluding hydrogens is 558 g/mol. The minimum Gasteiger partial charge on any atom is -0.244 e. The molecule has 0 bridgehead atoms. The van der Waals surface area contributed by atoms with Gasteiger partial charge < -0.3 is 0 Å². The molecule has 158 valence electrons. The number of nitrogens with zero attached hydrogens (tertiary/aromatic N) is 4. The third kappa shape index (κ3) is 4.05. The van der Waals surface area contributed by atoms with Crippen LogP contribution in [0, 0.1) is 3.57 Å². The van der Waals surface area contributed by atoms with E-state index in [9.17, 15) is 4.79 Å². The van der Waals surface area contributed by atoms with Gasteiger partial charge in [0.1, 0.15) is 0 Å². The average Bonchev–Trinajstić information content (AvgIpc) is 3.11. The summed E-state index contributed by atoms with van der Waals surface area (Å²) in [4.78, 5) is 13.1. The van der Waals surface area contributed by atoms with Crippen molar-refractivity contribution in [2.45, 2.75) is 6.54 Å². The van der Waals surface area contributed by atoms with Gasteiger partial charge in [-0.25, -0.2) is 9.48 Å². The third-order valence-electron chi connectivity index (χ3n) is 5.15. The highest BCUT2D eigenvalue weighted by Gasteiger charge is 2.19. The van der Waals surface area contributed by atoms with E-state index in [1.807, 2.05) is 72.8 Å². The Balaban J connectivity index is 1.73. The molecule has 2 aromatic heterocycles. The average molecular weight is 573 g/mol. The number of rotatable bonds is 4. The maximum absolute atomic E-state index is 13.1. The largest absolute Gasteiger partial charge is 0.367 e. The number of hydrogen-bond donors (Lipinski definition) is 0. The second-order valence-electron chi connectivity index (χ2n) is 7.25. The van der Waals surface area contributed by atoms with E-state index in [0.29, 0.717) is 22.2 Å². The van der Waals surface area contributed by atoms with E-state index in [0.717, 1.165) is 31.4 Å². The molecule has 0 N–H and O–H groups in total. The van der Waals surface area contributed by atoms with Crippen LogP contribution in [-0.2, 0) is 6.54 Å². The molecule has 0 atom stereocenters. The van der Waals surface area contributed by atoms with E-state index >= 15 is 0 Å². The van der Waals surface area contributed by atoms with Crippen LogP contribution in [0.2, 0.25) is 10.0 Å². The lowest BCUT2D eigenvalue weighted by atomic mass is 9.97. The molecule has 2 heterocycles. The van der Waals surface area contributed by atoms with Crippen LogP contribution in [0.15, 0.2) is 83.8 Å². The Bertz CT molecular complexity index is 1470. The Morgan fingerprint density at radius 3 is 2.03 bits per heavy atom. The van der Waals surface area contributed by atoms with E-state index in [2.05, 4.69) is 32.8 Å². The van der Waals surface area contributed by atoms with Gasteiger partial charge in [0.2, 0.25) is 0 Å². The molecule has 0 saturated carbocycles. The number of fused-ring (bicyclic) bond motifs is 1. The van der Waals surface area contributed by atoms with Crippen LogP contribution >= 0.6 is 45.8 Å². The lowest BCUT2D eigenvalue weighted by Crippen LogP contribution is -2.22. The fourth-order valence-electron chi connectivity index (χ4n) is 3.58. The smallest absolute Gasteiger partial charge is 0.244 e. The monoisotopic (exact) mass is 572 g/mol. The van der Waals surface area contributed by atoms with Crippen LogP contribution in [0.25, 0.3) is 27.9 Å². The Morgan fingerprint density at radius 1 is 0.812 bits per heavy atom. The minimum atomic E-state index is -0.295. The number of halogens is 3. The molecule has 0 aliphatic carbocycles. The zero-order valence-corrected chi connectivity index (χ0v) is 20.2. The summed E-state index contributed by atoms with van der Waals surface area (Å²) < 4.78 is 3.92. The first-order chi connectivity index (χ1) is 15.5. The maximum Gasteiger partial charge on any atom is 0.367 e. The van der Waals surface area contributed by atoms with Gasteiger partial charge in [-0.3, -0.25) is 0 Å². The SMILES string of the molecule is O=c1n(Cc2ccc(I)cc2)nc2c(-c3ccc(Cl)cc3)c(-c3ccc(Cl)cc3)cnn12. The molecule has 0 saturated heterocycles. The van der Waals surface area contributed by atoms with Crippen LogP contribution in [0.5, 0.6) is 0 Å². The van der Waals surface area contributed by atoms with E-state index in [-0.39, 0.29) is 5.69 Å². The topological polar surface area (TPSA) is 52.2 Å². The summed E-state index contributed by atoms with van der Waals surface area (Å²) in [5.74, 6) is 0. The van der Waals surface area contributed by atoms with Crippen molar-refractivity contribution in [3.05, 3.63) is 109 Å². The molecule has 0 amide bonds. The van der Waals surface area contributed by atoms with Crippen molar-refractivity contribution in [3.8, 4) is 22.3 Å². The van der Waals surface area contributed by atoms with Crippen LogP contribution in [0.3, 0.4) is 0 Å². The lowest BCUT2D eigenvalue weighted by molar-refractivity contribution is 0.650. The Morgan fingerprint density at radius 2 is 1.41 bits per heavy atom. The minimum absolute atomic E-state index is 0.295. The standard InChI is InChI=1S/C24H15Cl2IN4O/c25-18-7-3-16(4-8-18)21-13-28-31-23(22(21)17-5-9-19(26)10-6-17)29-30(24(31)32)14-15-1-11-20(27)12-2-15/h1-13H,14H2. The maximum atomic E-state index is 13.1. The zero-order valence-electron chi connectivity index (χ0n) is 16.5. The summed E-state index contributed by atoms with van der Waals surface area (Å²) in [7, 11) is 0. The second kappa shape index (κ2) is 8.69. The van der Waals surface area contributed by atoms with Crippen molar-refractivity contribution in [2.24, 2.45) is 0 Å². The van der Waals surface area contributed by atoms with E-state index in [1.54, 1.807) is 6.20 Å². The fourth-order valence-corrected chi connectivity index (χ4v) is 4.19. The van der Waals surface area contributed by atoms with Gasteiger partial charge >= 0.3 is 5.69 Å². The molecule has 5 nitrogen and oxygen atoms in total. The highest BCUT2D eigenvalue weighted by molar-refractivity contribution is 14.1. The fraction of sp³-hybridized carbons (Fsp3) is 0.0417. The summed E-state index contributed by atoms with van der Waals surface area (Å²) in [6.45, 7) is 0.357. The van der Waals surface area contributed by atoms with E-state index in [1.165, 1.54) is 9.20 Å². The summed E-state index contributed by atoms with van der Waals surface area (Å²) in [5, 5.41) is 10.4. The Labute approximate surface area is 207 Å². The lowest BCUT2D eigenvalue weighted by Gasteiger charge is -2.11. The first-order valence-electron chi connectivity index (χ1n) is 9.75. The van der Waals surface area contributed by atoms with Crippen molar-refractivity contribution in [2.75, 3.05) is 0 Å². The molecule has 0 aliphatic heterocycles. The summed E-state index contributed by atoms with van der Waals surface area (Å²) >= 11 is 14.5. The van der Waals surface area contributed by atoms with Crippen molar-refractivity contribution in [3.63, 3.8) is 0 Å². The molecule has 32 heavy (non-hydrogen) atoms. The molecule has 0 spiro atoms. The number of hydrogen-bond acceptors (Lipinski definition) is 3. The molecule has 8 heteroatoms. The Hall–Kier alpha value is -2.68. The molecule has 0 radical (unpaired) electrons. The van der Waals surface area contributed by atoms with Gasteiger partial charge in [0, 0.05) is 24.7 Å². The van der Waals surface area contributed by atoms with Gasteiger partial charge in [-0.05, 0) is 75.7 Å². The van der Waals surface area contributed by atoms with Crippen LogP contribution in [0.4, 0.5) is 0 Å². The first-order valence-corrected chi connectivity index (χ1v) is 11.6. The zero-order chi connectivity index (χ0) is 22.2. The summed E-state index contributed by atoms with van der Waals surface area (Å²) in [5.41, 5.74) is 4.64. The van der Waals surface area contributed by atoms with Crippen LogP contribution < -0.4 is 5.69 Å². The van der Waals surface area contributed by atoms with Gasteiger partial charge in [0.15, 0.2) is 5.65 Å². The summed E-state index contributed by atoms with van der Waals surface area (Å²) in [6, 6.07) is 23.0. The Kier molecular flexibility index (Phi) is 5.75. The second-order valence-corrected chi connectivity index (χ2v) is 9.37. The van der Waals surface area contributed by atoms with Crippen LogP contribution in [-0.4, -0.2) is 19.4 Å². The molecule has 0 unspecified atom stereocenters. The summed E-state index contributed by atoms with van der Waals surface area (Å²) in [6.07, 6.45) is 1.69. The van der Waals surface area contributed by atoms with Crippen molar-refractivity contribution < 1.29 is 0 Å². The molecule has 5 aromatic rings. The predicted octanol–water partition coefficient (Wildman–Crippen LogP) is 6.18. The molecule has 0 aliphatic rings. The highest BCUT2D eigenvalue weighted by atomic mass is 127. The van der Waals surface area contributed by atoms with Crippen molar-refractivity contribution in [1.82, 2.24) is 19.4 Å². The quantitative estimate of drug-likeness (QED) is 0.241. The van der Waals surface area contributed by atoms with E-state index in [4.69, 9.17) is 23.2 Å². The van der Waals surface area contributed by atoms with Gasteiger partial charge in [0.25, 0.3) is 0 Å². The molecule has 0 fully saturated rings. The van der Waals surface area contributed by atoms with Crippen molar-refractivity contribution in [1.29, 1.82) is 0 Å². The van der Waals surface area contributed by atoms with Gasteiger partial charge in [0.05, 0.1) is 12.7 Å². The third-order valence-corrected chi connectivity index (χ3v) is 6.37. The van der Waals surface area contributed by atoms with Gasteiger partial charge in [-0.1, -0.05) is 59.6 Å². The molecular formula is C24H15Cl2IN4O. The number of benzene rings is 3. The van der Waals surface area contributed by atoms with Gasteiger partial charge in [-0.15, -0.1) is 5.10 Å². The number of aromatic nitrogens is 4. The van der Waals surface area contributed by atoms with E-state index < -0.39 is 0 Å². The van der Waals surface area contributed by atoms with Crippen molar-refractivity contribution >= 4 is 51.4 Å². The molecule has 3 aromatic carbocycles. The molecule has 5 rings (SSSR count). The first kappa shape index (κ1) is 21.2. The highest BCUT2D eigenvalue weighted by Crippen LogP contribution is 2.35. The van der Waals surface area contributed by atoms with Crippen LogP contribution in [0.1, 0.15) is 5.56 Å².